The third-order valence-electron chi connectivity index (χ3n) is 4.32. The van der Waals surface area contributed by atoms with Gasteiger partial charge in [-0.05, 0) is 65.9 Å². The first kappa shape index (κ1) is 18.7. The van der Waals surface area contributed by atoms with Gasteiger partial charge in [-0.2, -0.15) is 0 Å². The standard InChI is InChI=1S/C24H24O3/c1-3-17-26-22-13-11-21(12-14-22)24(25)27-23-15-9-20(10-16-23)19-7-5-18(4-2)6-8-19/h5-16H,3-4,17H2,1-2H3. The second-order valence-corrected chi connectivity index (χ2v) is 6.34. The predicted molar refractivity (Wildman–Crippen MR) is 108 cm³/mol. The molecule has 27 heavy (non-hydrogen) atoms. The number of carbonyl (C=O) groups excluding carboxylic acids is 1. The number of rotatable bonds is 7. The summed E-state index contributed by atoms with van der Waals surface area (Å²) in [7, 11) is 0. The lowest BCUT2D eigenvalue weighted by Gasteiger charge is -2.08. The molecule has 0 fully saturated rings. The molecule has 0 heterocycles. The molecular weight excluding hydrogens is 336 g/mol. The summed E-state index contributed by atoms with van der Waals surface area (Å²) in [4.78, 5) is 12.3. The van der Waals surface area contributed by atoms with Gasteiger partial charge < -0.3 is 9.47 Å². The SMILES string of the molecule is CCCOc1ccc(C(=O)Oc2ccc(-c3ccc(CC)cc3)cc2)cc1. The number of aryl methyl sites for hydroxylation is 1. The Morgan fingerprint density at radius 3 is 1.85 bits per heavy atom. The first-order valence-electron chi connectivity index (χ1n) is 9.34. The third-order valence-corrected chi connectivity index (χ3v) is 4.32. The van der Waals surface area contributed by atoms with E-state index in [0.717, 1.165) is 29.7 Å². The second-order valence-electron chi connectivity index (χ2n) is 6.34. The molecule has 0 bridgehead atoms. The Bertz CT molecular complexity index is 863. The summed E-state index contributed by atoms with van der Waals surface area (Å²) in [5.41, 5.74) is 4.05. The van der Waals surface area contributed by atoms with E-state index in [-0.39, 0.29) is 5.97 Å². The molecule has 0 saturated heterocycles. The monoisotopic (exact) mass is 360 g/mol. The number of ether oxygens (including phenoxy) is 2. The van der Waals surface area contributed by atoms with Crippen molar-refractivity contribution in [2.75, 3.05) is 6.61 Å². The maximum Gasteiger partial charge on any atom is 0.343 e. The minimum atomic E-state index is -0.378. The fourth-order valence-corrected chi connectivity index (χ4v) is 2.72. The lowest BCUT2D eigenvalue weighted by molar-refractivity contribution is 0.0734. The first-order valence-corrected chi connectivity index (χ1v) is 9.34. The summed E-state index contributed by atoms with van der Waals surface area (Å²) in [5, 5.41) is 0. The highest BCUT2D eigenvalue weighted by Crippen LogP contribution is 2.24. The molecule has 3 rings (SSSR count). The Labute approximate surface area is 160 Å². The Morgan fingerprint density at radius 2 is 1.30 bits per heavy atom. The van der Waals surface area contributed by atoms with Gasteiger partial charge in [0.25, 0.3) is 0 Å². The summed E-state index contributed by atoms with van der Waals surface area (Å²) in [6.45, 7) is 4.86. The molecule has 0 amide bonds. The molecule has 3 aromatic rings. The van der Waals surface area contributed by atoms with Crippen LogP contribution in [0.1, 0.15) is 36.2 Å². The smallest absolute Gasteiger partial charge is 0.343 e. The van der Waals surface area contributed by atoms with Crippen LogP contribution in [0.3, 0.4) is 0 Å². The fraction of sp³-hybridized carbons (Fsp3) is 0.208. The Morgan fingerprint density at radius 1 is 0.741 bits per heavy atom. The van der Waals surface area contributed by atoms with E-state index in [1.54, 1.807) is 24.3 Å². The number of carbonyl (C=O) groups is 1. The molecule has 0 aliphatic rings. The van der Waals surface area contributed by atoms with Crippen LogP contribution in [-0.2, 0) is 6.42 Å². The zero-order chi connectivity index (χ0) is 19.1. The van der Waals surface area contributed by atoms with E-state index in [2.05, 4.69) is 38.1 Å². The van der Waals surface area contributed by atoms with E-state index < -0.39 is 0 Å². The van der Waals surface area contributed by atoms with Crippen LogP contribution in [0.5, 0.6) is 11.5 Å². The molecule has 0 saturated carbocycles. The van der Waals surface area contributed by atoms with E-state index in [0.29, 0.717) is 17.9 Å². The van der Waals surface area contributed by atoms with Crippen LogP contribution in [0, 0.1) is 0 Å². The van der Waals surface area contributed by atoms with Gasteiger partial charge in [0.15, 0.2) is 0 Å². The minimum Gasteiger partial charge on any atom is -0.494 e. The van der Waals surface area contributed by atoms with Crippen LogP contribution < -0.4 is 9.47 Å². The first-order chi connectivity index (χ1) is 13.2. The van der Waals surface area contributed by atoms with Gasteiger partial charge in [-0.1, -0.05) is 50.2 Å². The van der Waals surface area contributed by atoms with Crippen LogP contribution in [-0.4, -0.2) is 12.6 Å². The van der Waals surface area contributed by atoms with Crippen molar-refractivity contribution in [2.24, 2.45) is 0 Å². The normalized spacial score (nSPS) is 10.4. The van der Waals surface area contributed by atoms with E-state index in [9.17, 15) is 4.79 Å². The maximum absolute atomic E-state index is 12.3. The highest BCUT2D eigenvalue weighted by atomic mass is 16.5. The average molecular weight is 360 g/mol. The molecule has 0 N–H and O–H groups in total. The van der Waals surface area contributed by atoms with Crippen LogP contribution in [0.4, 0.5) is 0 Å². The molecule has 0 unspecified atom stereocenters. The topological polar surface area (TPSA) is 35.5 Å². The summed E-state index contributed by atoms with van der Waals surface area (Å²) in [6.07, 6.45) is 1.98. The third kappa shape index (κ3) is 4.98. The summed E-state index contributed by atoms with van der Waals surface area (Å²) < 4.78 is 11.0. The quantitative estimate of drug-likeness (QED) is 0.387. The zero-order valence-electron chi connectivity index (χ0n) is 15.8. The maximum atomic E-state index is 12.3. The lowest BCUT2D eigenvalue weighted by Crippen LogP contribution is -2.08. The fourth-order valence-electron chi connectivity index (χ4n) is 2.72. The Kier molecular flexibility index (Phi) is 6.26. The molecule has 3 nitrogen and oxygen atoms in total. The molecule has 138 valence electrons. The molecule has 0 atom stereocenters. The van der Waals surface area contributed by atoms with Gasteiger partial charge in [0.1, 0.15) is 11.5 Å². The molecular formula is C24H24O3. The van der Waals surface area contributed by atoms with Crippen molar-refractivity contribution in [1.82, 2.24) is 0 Å². The van der Waals surface area contributed by atoms with Crippen molar-refractivity contribution in [3.8, 4) is 22.6 Å². The van der Waals surface area contributed by atoms with Crippen molar-refractivity contribution in [2.45, 2.75) is 26.7 Å². The Hall–Kier alpha value is -3.07. The van der Waals surface area contributed by atoms with Gasteiger partial charge in [-0.25, -0.2) is 4.79 Å². The predicted octanol–water partition coefficient (Wildman–Crippen LogP) is 5.92. The number of esters is 1. The number of hydrogen-bond acceptors (Lipinski definition) is 3. The molecule has 0 aliphatic heterocycles. The van der Waals surface area contributed by atoms with Gasteiger partial charge in [0, 0.05) is 0 Å². The van der Waals surface area contributed by atoms with Crippen LogP contribution in [0.15, 0.2) is 72.8 Å². The van der Waals surface area contributed by atoms with Crippen LogP contribution >= 0.6 is 0 Å². The van der Waals surface area contributed by atoms with Gasteiger partial charge in [0.05, 0.1) is 12.2 Å². The van der Waals surface area contributed by atoms with E-state index in [4.69, 9.17) is 9.47 Å². The van der Waals surface area contributed by atoms with E-state index in [1.807, 2.05) is 24.3 Å². The molecule has 0 aromatic heterocycles. The van der Waals surface area contributed by atoms with Crippen molar-refractivity contribution >= 4 is 5.97 Å². The summed E-state index contributed by atoms with van der Waals surface area (Å²) in [5.74, 6) is 0.907. The highest BCUT2D eigenvalue weighted by molar-refractivity contribution is 5.91. The van der Waals surface area contributed by atoms with Crippen molar-refractivity contribution < 1.29 is 14.3 Å². The van der Waals surface area contributed by atoms with Crippen molar-refractivity contribution in [1.29, 1.82) is 0 Å². The Balaban J connectivity index is 1.64. The number of benzene rings is 3. The van der Waals surface area contributed by atoms with Crippen molar-refractivity contribution in [3.05, 3.63) is 83.9 Å². The van der Waals surface area contributed by atoms with Crippen molar-refractivity contribution in [3.63, 3.8) is 0 Å². The van der Waals surface area contributed by atoms with E-state index in [1.165, 1.54) is 5.56 Å². The van der Waals surface area contributed by atoms with E-state index >= 15 is 0 Å². The molecule has 0 aliphatic carbocycles. The summed E-state index contributed by atoms with van der Waals surface area (Å²) >= 11 is 0. The molecule has 0 spiro atoms. The summed E-state index contributed by atoms with van der Waals surface area (Å²) in [6, 6.07) is 23.1. The minimum absolute atomic E-state index is 0.378. The zero-order valence-corrected chi connectivity index (χ0v) is 15.8. The van der Waals surface area contributed by atoms with Gasteiger partial charge in [-0.3, -0.25) is 0 Å². The second kappa shape index (κ2) is 9.04. The van der Waals surface area contributed by atoms with Crippen LogP contribution in [0.2, 0.25) is 0 Å². The number of hydrogen-bond donors (Lipinski definition) is 0. The average Bonchev–Trinajstić information content (AvgIpc) is 2.73. The molecule has 0 radical (unpaired) electrons. The van der Waals surface area contributed by atoms with Gasteiger partial charge in [0.2, 0.25) is 0 Å². The lowest BCUT2D eigenvalue weighted by atomic mass is 10.0. The molecule has 3 heteroatoms. The molecule has 3 aromatic carbocycles. The largest absolute Gasteiger partial charge is 0.494 e. The van der Waals surface area contributed by atoms with Gasteiger partial charge in [-0.15, -0.1) is 0 Å². The van der Waals surface area contributed by atoms with Gasteiger partial charge >= 0.3 is 5.97 Å². The van der Waals surface area contributed by atoms with Crippen LogP contribution in [0.25, 0.3) is 11.1 Å². The highest BCUT2D eigenvalue weighted by Gasteiger charge is 2.09.